The molecule has 0 N–H and O–H groups in total. The van der Waals surface area contributed by atoms with Crippen molar-refractivity contribution in [2.24, 2.45) is 0 Å². The number of nitriles is 1. The molecule has 1 aromatic rings. The predicted molar refractivity (Wildman–Crippen MR) is 74.5 cm³/mol. The van der Waals surface area contributed by atoms with Gasteiger partial charge < -0.3 is 4.90 Å². The molecule has 0 atom stereocenters. The standard InChI is InChI=1S/C14H18N2OS/c1-11(2)16(9-3-8-15)14(17)10-12-4-6-13(18)7-5-12/h4-7,11,18H,3,9-10H2,1-2H3. The Morgan fingerprint density at radius 2 is 2.00 bits per heavy atom. The first kappa shape index (κ1) is 14.6. The van der Waals surface area contributed by atoms with Gasteiger partial charge in [0.2, 0.25) is 5.91 Å². The fraction of sp³-hybridized carbons (Fsp3) is 0.429. The number of hydrogen-bond donors (Lipinski definition) is 1. The van der Waals surface area contributed by atoms with E-state index < -0.39 is 0 Å². The highest BCUT2D eigenvalue weighted by Gasteiger charge is 2.16. The zero-order chi connectivity index (χ0) is 13.5. The Morgan fingerprint density at radius 3 is 2.50 bits per heavy atom. The minimum Gasteiger partial charge on any atom is -0.339 e. The summed E-state index contributed by atoms with van der Waals surface area (Å²) in [6.07, 6.45) is 0.747. The molecule has 18 heavy (non-hydrogen) atoms. The first-order valence-electron chi connectivity index (χ1n) is 5.99. The summed E-state index contributed by atoms with van der Waals surface area (Å²) in [6, 6.07) is 9.76. The molecule has 96 valence electrons. The number of thiol groups is 1. The lowest BCUT2D eigenvalue weighted by Gasteiger charge is -2.26. The summed E-state index contributed by atoms with van der Waals surface area (Å²) < 4.78 is 0. The largest absolute Gasteiger partial charge is 0.339 e. The van der Waals surface area contributed by atoms with Crippen LogP contribution in [0.3, 0.4) is 0 Å². The van der Waals surface area contributed by atoms with Crippen LogP contribution in [0.15, 0.2) is 29.2 Å². The number of carbonyl (C=O) groups excluding carboxylic acids is 1. The van der Waals surface area contributed by atoms with Gasteiger partial charge in [0.1, 0.15) is 0 Å². The molecule has 4 heteroatoms. The van der Waals surface area contributed by atoms with Crippen molar-refractivity contribution in [1.29, 1.82) is 5.26 Å². The molecular weight excluding hydrogens is 244 g/mol. The summed E-state index contributed by atoms with van der Waals surface area (Å²) in [5, 5.41) is 8.60. The summed E-state index contributed by atoms with van der Waals surface area (Å²) in [5.41, 5.74) is 0.973. The maximum absolute atomic E-state index is 12.1. The Morgan fingerprint density at radius 1 is 1.39 bits per heavy atom. The van der Waals surface area contributed by atoms with Crippen LogP contribution in [0.25, 0.3) is 0 Å². The van der Waals surface area contributed by atoms with Gasteiger partial charge in [0.15, 0.2) is 0 Å². The van der Waals surface area contributed by atoms with Crippen molar-refractivity contribution in [2.75, 3.05) is 6.54 Å². The molecule has 3 nitrogen and oxygen atoms in total. The van der Waals surface area contributed by atoms with E-state index in [1.54, 1.807) is 4.90 Å². The van der Waals surface area contributed by atoms with Crippen LogP contribution in [-0.2, 0) is 11.2 Å². The Kier molecular flexibility index (Phi) is 5.73. The van der Waals surface area contributed by atoms with Crippen molar-refractivity contribution in [3.63, 3.8) is 0 Å². The fourth-order valence-corrected chi connectivity index (χ4v) is 1.88. The molecule has 1 amide bonds. The molecule has 0 aliphatic heterocycles. The van der Waals surface area contributed by atoms with E-state index in [4.69, 9.17) is 5.26 Å². The van der Waals surface area contributed by atoms with Gasteiger partial charge in [0, 0.05) is 17.5 Å². The lowest BCUT2D eigenvalue weighted by Crippen LogP contribution is -2.38. The van der Waals surface area contributed by atoms with Gasteiger partial charge in [0.05, 0.1) is 18.9 Å². The maximum Gasteiger partial charge on any atom is 0.227 e. The number of carbonyl (C=O) groups is 1. The molecule has 0 unspecified atom stereocenters. The number of amides is 1. The summed E-state index contributed by atoms with van der Waals surface area (Å²) in [7, 11) is 0. The Bertz CT molecular complexity index is 434. The van der Waals surface area contributed by atoms with Crippen LogP contribution >= 0.6 is 12.6 Å². The van der Waals surface area contributed by atoms with Gasteiger partial charge in [-0.1, -0.05) is 12.1 Å². The second-order valence-electron chi connectivity index (χ2n) is 4.43. The number of nitrogens with zero attached hydrogens (tertiary/aromatic N) is 2. The van der Waals surface area contributed by atoms with Crippen LogP contribution < -0.4 is 0 Å². The zero-order valence-electron chi connectivity index (χ0n) is 10.8. The molecule has 0 spiro atoms. The van der Waals surface area contributed by atoms with Gasteiger partial charge in [-0.3, -0.25) is 4.79 Å². The minimum atomic E-state index is 0.0622. The van der Waals surface area contributed by atoms with E-state index in [9.17, 15) is 4.79 Å². The van der Waals surface area contributed by atoms with E-state index in [2.05, 4.69) is 18.7 Å². The molecule has 1 aromatic carbocycles. The van der Waals surface area contributed by atoms with Gasteiger partial charge in [-0.15, -0.1) is 12.6 Å². The van der Waals surface area contributed by atoms with Gasteiger partial charge in [-0.05, 0) is 31.5 Å². The summed E-state index contributed by atoms with van der Waals surface area (Å²) in [5.74, 6) is 0.0622. The molecule has 0 aliphatic rings. The quantitative estimate of drug-likeness (QED) is 0.829. The van der Waals surface area contributed by atoms with Gasteiger partial charge in [-0.25, -0.2) is 0 Å². The van der Waals surface area contributed by atoms with Crippen LogP contribution in [0.4, 0.5) is 0 Å². The fourth-order valence-electron chi connectivity index (χ4n) is 1.73. The van der Waals surface area contributed by atoms with E-state index >= 15 is 0 Å². The molecule has 1 rings (SSSR count). The smallest absolute Gasteiger partial charge is 0.227 e. The Hall–Kier alpha value is -1.47. The first-order valence-corrected chi connectivity index (χ1v) is 6.43. The molecule has 0 saturated carbocycles. The molecule has 0 bridgehead atoms. The van der Waals surface area contributed by atoms with Gasteiger partial charge in [0.25, 0.3) is 0 Å². The molecular formula is C14H18N2OS. The van der Waals surface area contributed by atoms with E-state index in [0.29, 0.717) is 19.4 Å². The molecule has 0 aromatic heterocycles. The number of hydrogen-bond acceptors (Lipinski definition) is 3. The average Bonchev–Trinajstić information content (AvgIpc) is 2.32. The van der Waals surface area contributed by atoms with E-state index in [1.165, 1.54) is 0 Å². The second kappa shape index (κ2) is 7.07. The van der Waals surface area contributed by atoms with Crippen LogP contribution in [0, 0.1) is 11.3 Å². The van der Waals surface area contributed by atoms with E-state index in [-0.39, 0.29) is 11.9 Å². The highest BCUT2D eigenvalue weighted by Crippen LogP contribution is 2.10. The molecule has 0 radical (unpaired) electrons. The second-order valence-corrected chi connectivity index (χ2v) is 4.95. The topological polar surface area (TPSA) is 44.1 Å². The molecule has 0 saturated heterocycles. The first-order chi connectivity index (χ1) is 8.54. The van der Waals surface area contributed by atoms with Gasteiger partial charge in [-0.2, -0.15) is 5.26 Å². The van der Waals surface area contributed by atoms with E-state index in [1.807, 2.05) is 38.1 Å². The highest BCUT2D eigenvalue weighted by molar-refractivity contribution is 7.80. The number of rotatable bonds is 5. The number of benzene rings is 1. The van der Waals surface area contributed by atoms with Crippen LogP contribution in [0.5, 0.6) is 0 Å². The van der Waals surface area contributed by atoms with Crippen molar-refractivity contribution in [1.82, 2.24) is 4.90 Å². The van der Waals surface area contributed by atoms with Crippen LogP contribution in [0.1, 0.15) is 25.8 Å². The SMILES string of the molecule is CC(C)N(CCC#N)C(=O)Cc1ccc(S)cc1. The average molecular weight is 262 g/mol. The summed E-state index contributed by atoms with van der Waals surface area (Å²) >= 11 is 4.21. The van der Waals surface area contributed by atoms with Crippen LogP contribution in [0.2, 0.25) is 0 Å². The van der Waals surface area contributed by atoms with Crippen LogP contribution in [-0.4, -0.2) is 23.4 Å². The summed E-state index contributed by atoms with van der Waals surface area (Å²) in [6.45, 7) is 4.43. The molecule has 0 aliphatic carbocycles. The third kappa shape index (κ3) is 4.42. The van der Waals surface area contributed by atoms with E-state index in [0.717, 1.165) is 10.5 Å². The van der Waals surface area contributed by atoms with Crippen molar-refractivity contribution in [3.8, 4) is 6.07 Å². The monoisotopic (exact) mass is 262 g/mol. The third-order valence-electron chi connectivity index (χ3n) is 2.70. The minimum absolute atomic E-state index is 0.0622. The van der Waals surface area contributed by atoms with Crippen molar-refractivity contribution in [2.45, 2.75) is 37.6 Å². The normalized spacial score (nSPS) is 10.2. The molecule has 0 heterocycles. The van der Waals surface area contributed by atoms with Crippen molar-refractivity contribution in [3.05, 3.63) is 29.8 Å². The summed E-state index contributed by atoms with van der Waals surface area (Å²) in [4.78, 5) is 14.8. The third-order valence-corrected chi connectivity index (χ3v) is 3.00. The Balaban J connectivity index is 2.67. The van der Waals surface area contributed by atoms with Crippen molar-refractivity contribution < 1.29 is 4.79 Å². The van der Waals surface area contributed by atoms with Gasteiger partial charge >= 0.3 is 0 Å². The zero-order valence-corrected chi connectivity index (χ0v) is 11.7. The van der Waals surface area contributed by atoms with Crippen molar-refractivity contribution >= 4 is 18.5 Å². The Labute approximate surface area is 114 Å². The highest BCUT2D eigenvalue weighted by atomic mass is 32.1. The molecule has 0 fully saturated rings. The maximum atomic E-state index is 12.1. The predicted octanol–water partition coefficient (Wildman–Crippen LogP) is 2.67. The lowest BCUT2D eigenvalue weighted by atomic mass is 10.1. The lowest BCUT2D eigenvalue weighted by molar-refractivity contribution is -0.132.